The smallest absolute Gasteiger partial charge is 0.127 e. The Morgan fingerprint density at radius 2 is 1.85 bits per heavy atom. The van der Waals surface area contributed by atoms with Gasteiger partial charge in [0.2, 0.25) is 0 Å². The molecule has 2 aromatic carbocycles. The van der Waals surface area contributed by atoms with Crippen molar-refractivity contribution in [2.45, 2.75) is 19.4 Å². The highest BCUT2D eigenvalue weighted by Gasteiger charge is 2.19. The molecule has 2 unspecified atom stereocenters. The lowest BCUT2D eigenvalue weighted by Gasteiger charge is -2.24. The average molecular weight is 336 g/mol. The van der Waals surface area contributed by atoms with E-state index in [1.54, 1.807) is 0 Å². The van der Waals surface area contributed by atoms with Crippen LogP contribution in [0.4, 0.5) is 4.39 Å². The van der Waals surface area contributed by atoms with Gasteiger partial charge in [0.1, 0.15) is 5.82 Å². The molecule has 0 spiro atoms. The van der Waals surface area contributed by atoms with Crippen molar-refractivity contribution in [2.24, 2.45) is 5.92 Å². The number of hydrogen-bond acceptors (Lipinski definition) is 1. The summed E-state index contributed by atoms with van der Waals surface area (Å²) in [5.41, 5.74) is 2.00. The van der Waals surface area contributed by atoms with Crippen LogP contribution < -0.4 is 5.32 Å². The predicted molar refractivity (Wildman–Crippen MR) is 85.2 cm³/mol. The summed E-state index contributed by atoms with van der Waals surface area (Å²) in [6, 6.07) is 15.8. The van der Waals surface area contributed by atoms with Gasteiger partial charge in [-0.15, -0.1) is 0 Å². The third kappa shape index (κ3) is 3.68. The van der Waals surface area contributed by atoms with E-state index in [2.05, 4.69) is 40.3 Å². The number of benzene rings is 2. The molecule has 0 radical (unpaired) electrons. The maximum Gasteiger partial charge on any atom is 0.127 e. The van der Waals surface area contributed by atoms with E-state index in [4.69, 9.17) is 0 Å². The highest BCUT2D eigenvalue weighted by molar-refractivity contribution is 9.10. The molecule has 0 bridgehead atoms. The third-order valence-electron chi connectivity index (χ3n) is 3.60. The quantitative estimate of drug-likeness (QED) is 0.832. The topological polar surface area (TPSA) is 12.0 Å². The van der Waals surface area contributed by atoms with Crippen LogP contribution in [-0.4, -0.2) is 7.05 Å². The zero-order valence-corrected chi connectivity index (χ0v) is 13.3. The highest BCUT2D eigenvalue weighted by atomic mass is 79.9. The van der Waals surface area contributed by atoms with E-state index in [-0.39, 0.29) is 11.9 Å². The number of halogens is 2. The molecule has 3 heteroatoms. The van der Waals surface area contributed by atoms with Crippen molar-refractivity contribution in [1.29, 1.82) is 0 Å². The van der Waals surface area contributed by atoms with E-state index < -0.39 is 0 Å². The Hall–Kier alpha value is -1.19. The second-order valence-corrected chi connectivity index (χ2v) is 6.01. The Morgan fingerprint density at radius 3 is 2.45 bits per heavy atom. The van der Waals surface area contributed by atoms with Crippen LogP contribution in [-0.2, 0) is 6.42 Å². The SMILES string of the molecule is CNC(c1ccccc1)C(C)Cc1ccc(Br)cc1F. The van der Waals surface area contributed by atoms with Crippen molar-refractivity contribution in [3.8, 4) is 0 Å². The minimum Gasteiger partial charge on any atom is -0.313 e. The first-order chi connectivity index (χ1) is 9.61. The summed E-state index contributed by atoms with van der Waals surface area (Å²) in [5, 5.41) is 3.34. The van der Waals surface area contributed by atoms with Gasteiger partial charge in [0, 0.05) is 10.5 Å². The molecular formula is C17H19BrFN. The Bertz CT molecular complexity index is 556. The predicted octanol–water partition coefficient (Wildman–Crippen LogP) is 4.73. The second-order valence-electron chi connectivity index (χ2n) is 5.09. The number of hydrogen-bond donors (Lipinski definition) is 1. The summed E-state index contributed by atoms with van der Waals surface area (Å²) in [7, 11) is 1.95. The second kappa shape index (κ2) is 7.00. The van der Waals surface area contributed by atoms with Gasteiger partial charge in [0.25, 0.3) is 0 Å². The Labute approximate surface area is 128 Å². The van der Waals surface area contributed by atoms with Gasteiger partial charge in [0.15, 0.2) is 0 Å². The average Bonchev–Trinajstić information content (AvgIpc) is 2.44. The fourth-order valence-corrected chi connectivity index (χ4v) is 2.93. The van der Waals surface area contributed by atoms with Crippen molar-refractivity contribution in [3.63, 3.8) is 0 Å². The van der Waals surface area contributed by atoms with Crippen molar-refractivity contribution < 1.29 is 4.39 Å². The summed E-state index contributed by atoms with van der Waals surface area (Å²) in [4.78, 5) is 0. The molecule has 0 amide bonds. The fraction of sp³-hybridized carbons (Fsp3) is 0.294. The van der Waals surface area contributed by atoms with E-state index in [1.807, 2.05) is 37.4 Å². The highest BCUT2D eigenvalue weighted by Crippen LogP contribution is 2.26. The van der Waals surface area contributed by atoms with E-state index in [0.717, 1.165) is 10.0 Å². The molecule has 0 aromatic heterocycles. The summed E-state index contributed by atoms with van der Waals surface area (Å²) in [6.07, 6.45) is 0.708. The van der Waals surface area contributed by atoms with Crippen LogP contribution in [0.15, 0.2) is 53.0 Å². The van der Waals surface area contributed by atoms with E-state index >= 15 is 0 Å². The summed E-state index contributed by atoms with van der Waals surface area (Å²) < 4.78 is 14.7. The summed E-state index contributed by atoms with van der Waals surface area (Å²) >= 11 is 3.29. The maximum atomic E-state index is 13.9. The molecule has 0 saturated heterocycles. The molecule has 106 valence electrons. The molecule has 1 nitrogen and oxygen atoms in total. The van der Waals surface area contributed by atoms with Crippen LogP contribution in [0, 0.1) is 11.7 Å². The van der Waals surface area contributed by atoms with Crippen molar-refractivity contribution in [3.05, 3.63) is 69.9 Å². The lowest BCUT2D eigenvalue weighted by atomic mass is 9.89. The molecular weight excluding hydrogens is 317 g/mol. The third-order valence-corrected chi connectivity index (χ3v) is 4.09. The van der Waals surface area contributed by atoms with Gasteiger partial charge in [-0.3, -0.25) is 0 Å². The molecule has 1 N–H and O–H groups in total. The van der Waals surface area contributed by atoms with Crippen LogP contribution in [0.5, 0.6) is 0 Å². The Kier molecular flexibility index (Phi) is 5.32. The monoisotopic (exact) mass is 335 g/mol. The molecule has 2 atom stereocenters. The van der Waals surface area contributed by atoms with Gasteiger partial charge in [-0.2, -0.15) is 0 Å². The largest absolute Gasteiger partial charge is 0.313 e. The summed E-state index contributed by atoms with van der Waals surface area (Å²) in [5.74, 6) is 0.159. The lowest BCUT2D eigenvalue weighted by molar-refractivity contribution is 0.403. The van der Waals surface area contributed by atoms with Crippen LogP contribution in [0.3, 0.4) is 0 Å². The van der Waals surface area contributed by atoms with Crippen LogP contribution in [0.1, 0.15) is 24.1 Å². The van der Waals surface area contributed by atoms with E-state index in [1.165, 1.54) is 11.6 Å². The van der Waals surface area contributed by atoms with Gasteiger partial charge in [-0.05, 0) is 42.6 Å². The minimum atomic E-state index is -0.144. The van der Waals surface area contributed by atoms with Gasteiger partial charge in [0.05, 0.1) is 0 Å². The molecule has 0 aliphatic carbocycles. The van der Waals surface area contributed by atoms with Gasteiger partial charge in [-0.1, -0.05) is 59.3 Å². The first kappa shape index (κ1) is 15.2. The van der Waals surface area contributed by atoms with Crippen molar-refractivity contribution in [1.82, 2.24) is 5.32 Å². The van der Waals surface area contributed by atoms with Gasteiger partial charge in [-0.25, -0.2) is 4.39 Å². The zero-order chi connectivity index (χ0) is 14.5. The lowest BCUT2D eigenvalue weighted by Crippen LogP contribution is -2.25. The van der Waals surface area contributed by atoms with Crippen LogP contribution in [0.25, 0.3) is 0 Å². The molecule has 0 aliphatic heterocycles. The minimum absolute atomic E-state index is 0.144. The molecule has 0 aliphatic rings. The molecule has 2 aromatic rings. The van der Waals surface area contributed by atoms with Gasteiger partial charge >= 0.3 is 0 Å². The maximum absolute atomic E-state index is 13.9. The van der Waals surface area contributed by atoms with Crippen molar-refractivity contribution >= 4 is 15.9 Å². The van der Waals surface area contributed by atoms with Crippen LogP contribution >= 0.6 is 15.9 Å². The first-order valence-electron chi connectivity index (χ1n) is 6.78. The number of rotatable bonds is 5. The first-order valence-corrected chi connectivity index (χ1v) is 7.57. The molecule has 0 fully saturated rings. The molecule has 0 heterocycles. The molecule has 20 heavy (non-hydrogen) atoms. The van der Waals surface area contributed by atoms with E-state index in [9.17, 15) is 4.39 Å². The van der Waals surface area contributed by atoms with Crippen LogP contribution in [0.2, 0.25) is 0 Å². The molecule has 0 saturated carbocycles. The van der Waals surface area contributed by atoms with Crippen molar-refractivity contribution in [2.75, 3.05) is 7.05 Å². The Balaban J connectivity index is 2.15. The Morgan fingerprint density at radius 1 is 1.15 bits per heavy atom. The van der Waals surface area contributed by atoms with Gasteiger partial charge < -0.3 is 5.32 Å². The standard InChI is InChI=1S/C17H19BrFN/c1-12(10-14-8-9-15(18)11-16(14)19)17(20-2)13-6-4-3-5-7-13/h3-9,11-12,17,20H,10H2,1-2H3. The fourth-order valence-electron chi connectivity index (χ4n) is 2.59. The van der Waals surface area contributed by atoms with E-state index in [0.29, 0.717) is 12.3 Å². The molecule has 2 rings (SSSR count). The summed E-state index contributed by atoms with van der Waals surface area (Å²) in [6.45, 7) is 2.15. The number of nitrogens with one attached hydrogen (secondary N) is 1. The zero-order valence-electron chi connectivity index (χ0n) is 11.7. The normalized spacial score (nSPS) is 14.0.